The molecule has 0 unspecified atom stereocenters. The molecule has 1 fully saturated rings. The maximum atomic E-state index is 11.5. The smallest absolute Gasteiger partial charge is 0.376 e. The summed E-state index contributed by atoms with van der Waals surface area (Å²) in [5.74, 6) is 0.185. The molecule has 1 aromatic rings. The van der Waals surface area contributed by atoms with Crippen molar-refractivity contribution in [3.05, 3.63) is 17.6 Å². The topological polar surface area (TPSA) is 90.1 Å². The summed E-state index contributed by atoms with van der Waals surface area (Å²) >= 11 is 0. The Morgan fingerprint density at radius 1 is 1.42 bits per heavy atom. The second-order valence-corrected chi connectivity index (χ2v) is 4.91. The molecule has 1 aliphatic carbocycles. The summed E-state index contributed by atoms with van der Waals surface area (Å²) in [5, 5.41) is 3.31. The van der Waals surface area contributed by atoms with Gasteiger partial charge >= 0.3 is 5.97 Å². The van der Waals surface area contributed by atoms with Gasteiger partial charge in [0.05, 0.1) is 7.11 Å². The van der Waals surface area contributed by atoms with Crippen LogP contribution in [0.2, 0.25) is 0 Å². The average Bonchev–Trinajstić information content (AvgIpc) is 2.40. The molecule has 0 aliphatic heterocycles. The minimum Gasteiger partial charge on any atom is -0.463 e. The van der Waals surface area contributed by atoms with Gasteiger partial charge in [0, 0.05) is 23.8 Å². The van der Waals surface area contributed by atoms with Crippen LogP contribution in [0.25, 0.3) is 0 Å². The molecule has 1 saturated carbocycles. The van der Waals surface area contributed by atoms with Gasteiger partial charge < -0.3 is 15.8 Å². The second kappa shape index (κ2) is 5.97. The Morgan fingerprint density at radius 2 is 2.16 bits per heavy atom. The Labute approximate surface area is 112 Å². The molecule has 0 spiro atoms. The molecular weight excluding hydrogens is 244 g/mol. The molecule has 1 aromatic heterocycles. The van der Waals surface area contributed by atoms with Crippen LogP contribution in [-0.2, 0) is 4.74 Å². The number of esters is 1. The van der Waals surface area contributed by atoms with E-state index in [0.29, 0.717) is 5.82 Å². The van der Waals surface area contributed by atoms with Crippen LogP contribution in [0, 0.1) is 6.92 Å². The summed E-state index contributed by atoms with van der Waals surface area (Å²) in [5.41, 5.74) is 6.82. The van der Waals surface area contributed by atoms with E-state index < -0.39 is 5.97 Å². The van der Waals surface area contributed by atoms with E-state index in [1.54, 1.807) is 0 Å². The summed E-state index contributed by atoms with van der Waals surface area (Å²) in [6, 6.07) is 2.15. The van der Waals surface area contributed by atoms with Crippen molar-refractivity contribution in [3.63, 3.8) is 0 Å². The Morgan fingerprint density at radius 3 is 2.84 bits per heavy atom. The number of hydrogen-bond acceptors (Lipinski definition) is 6. The average molecular weight is 264 g/mol. The van der Waals surface area contributed by atoms with Gasteiger partial charge in [-0.3, -0.25) is 0 Å². The van der Waals surface area contributed by atoms with E-state index in [1.807, 2.05) is 13.0 Å². The molecule has 0 radical (unpaired) electrons. The molecule has 1 heterocycles. The van der Waals surface area contributed by atoms with Crippen molar-refractivity contribution in [2.75, 3.05) is 12.4 Å². The summed E-state index contributed by atoms with van der Waals surface area (Å²) in [4.78, 5) is 19.7. The molecule has 0 saturated heterocycles. The van der Waals surface area contributed by atoms with Gasteiger partial charge in [-0.2, -0.15) is 0 Å². The number of anilines is 1. The van der Waals surface area contributed by atoms with E-state index in [2.05, 4.69) is 20.0 Å². The maximum Gasteiger partial charge on any atom is 0.376 e. The van der Waals surface area contributed by atoms with E-state index in [0.717, 1.165) is 18.5 Å². The Balaban J connectivity index is 2.15. The lowest BCUT2D eigenvalue weighted by Gasteiger charge is -2.29. The molecule has 0 bridgehead atoms. The Kier molecular flexibility index (Phi) is 4.31. The summed E-state index contributed by atoms with van der Waals surface area (Å²) < 4.78 is 4.64. The number of carbonyl (C=O) groups excluding carboxylic acids is 1. The monoisotopic (exact) mass is 264 g/mol. The normalized spacial score (nSPS) is 22.9. The van der Waals surface area contributed by atoms with Gasteiger partial charge in [-0.15, -0.1) is 0 Å². The second-order valence-electron chi connectivity index (χ2n) is 4.91. The molecule has 6 heteroatoms. The van der Waals surface area contributed by atoms with Crippen molar-refractivity contribution < 1.29 is 9.53 Å². The van der Waals surface area contributed by atoms with Crippen molar-refractivity contribution in [3.8, 4) is 0 Å². The number of carbonyl (C=O) groups is 1. The molecule has 104 valence electrons. The Hall–Kier alpha value is -1.69. The first-order valence-electron chi connectivity index (χ1n) is 6.56. The molecular formula is C13H20N4O2. The lowest BCUT2D eigenvalue weighted by molar-refractivity contribution is 0.0586. The number of nitrogens with one attached hydrogen (secondary N) is 1. The molecule has 1 aliphatic rings. The molecule has 2 rings (SSSR count). The standard InChI is InChI=1S/C13H20N4O2/c1-8-7-11(17-12(15-8)13(18)19-2)16-10-6-4-3-5-9(10)14/h7,9-10H,3-6,14H2,1-2H3,(H,15,16,17)/t9-,10-/m1/s1. The SMILES string of the molecule is COC(=O)c1nc(C)cc(N[C@@H]2CCCC[C@H]2N)n1. The zero-order valence-electron chi connectivity index (χ0n) is 11.3. The van der Waals surface area contributed by atoms with Crippen LogP contribution in [0.5, 0.6) is 0 Å². The van der Waals surface area contributed by atoms with Gasteiger partial charge in [0.25, 0.3) is 0 Å². The highest BCUT2D eigenvalue weighted by Crippen LogP contribution is 2.20. The molecule has 19 heavy (non-hydrogen) atoms. The largest absolute Gasteiger partial charge is 0.463 e. The van der Waals surface area contributed by atoms with Crippen molar-refractivity contribution in [2.24, 2.45) is 5.73 Å². The fourth-order valence-corrected chi connectivity index (χ4v) is 2.35. The first-order chi connectivity index (χ1) is 9.10. The van der Waals surface area contributed by atoms with E-state index in [-0.39, 0.29) is 17.9 Å². The van der Waals surface area contributed by atoms with Gasteiger partial charge in [0.15, 0.2) is 0 Å². The summed E-state index contributed by atoms with van der Waals surface area (Å²) in [7, 11) is 1.32. The minimum absolute atomic E-state index is 0.0781. The first-order valence-corrected chi connectivity index (χ1v) is 6.56. The molecule has 3 N–H and O–H groups in total. The number of rotatable bonds is 3. The van der Waals surface area contributed by atoms with Crippen LogP contribution in [0.15, 0.2) is 6.07 Å². The third-order valence-electron chi connectivity index (χ3n) is 3.37. The van der Waals surface area contributed by atoms with E-state index in [4.69, 9.17) is 5.73 Å². The number of methoxy groups -OCH3 is 1. The highest BCUT2D eigenvalue weighted by molar-refractivity contribution is 5.85. The van der Waals surface area contributed by atoms with Crippen LogP contribution < -0.4 is 11.1 Å². The maximum absolute atomic E-state index is 11.5. The van der Waals surface area contributed by atoms with E-state index in [1.165, 1.54) is 20.0 Å². The van der Waals surface area contributed by atoms with Crippen LogP contribution in [0.1, 0.15) is 42.0 Å². The molecule has 0 aromatic carbocycles. The highest BCUT2D eigenvalue weighted by Gasteiger charge is 2.22. The number of ether oxygens (including phenoxy) is 1. The highest BCUT2D eigenvalue weighted by atomic mass is 16.5. The molecule has 2 atom stereocenters. The van der Waals surface area contributed by atoms with Gasteiger partial charge in [-0.1, -0.05) is 12.8 Å². The fraction of sp³-hybridized carbons (Fsp3) is 0.615. The Bertz CT molecular complexity index is 464. The van der Waals surface area contributed by atoms with Crippen molar-refractivity contribution in [1.29, 1.82) is 0 Å². The molecule has 6 nitrogen and oxygen atoms in total. The van der Waals surface area contributed by atoms with Crippen molar-refractivity contribution >= 4 is 11.8 Å². The van der Waals surface area contributed by atoms with Gasteiger partial charge in [-0.25, -0.2) is 14.8 Å². The molecule has 0 amide bonds. The number of nitrogens with zero attached hydrogens (tertiary/aromatic N) is 2. The first kappa shape index (κ1) is 13.7. The van der Waals surface area contributed by atoms with Crippen molar-refractivity contribution in [2.45, 2.75) is 44.7 Å². The number of aromatic nitrogens is 2. The lowest BCUT2D eigenvalue weighted by atomic mass is 9.91. The van der Waals surface area contributed by atoms with Crippen LogP contribution in [0.4, 0.5) is 5.82 Å². The summed E-state index contributed by atoms with van der Waals surface area (Å²) in [6.45, 7) is 1.82. The fourth-order valence-electron chi connectivity index (χ4n) is 2.35. The zero-order chi connectivity index (χ0) is 13.8. The van der Waals surface area contributed by atoms with E-state index >= 15 is 0 Å². The van der Waals surface area contributed by atoms with E-state index in [9.17, 15) is 4.79 Å². The van der Waals surface area contributed by atoms with Crippen molar-refractivity contribution in [1.82, 2.24) is 9.97 Å². The number of aryl methyl sites for hydroxylation is 1. The van der Waals surface area contributed by atoms with Gasteiger partial charge in [0.2, 0.25) is 5.82 Å². The predicted octanol–water partition coefficient (Wildman–Crippen LogP) is 1.25. The van der Waals surface area contributed by atoms with Gasteiger partial charge in [-0.05, 0) is 19.8 Å². The third-order valence-corrected chi connectivity index (χ3v) is 3.37. The third kappa shape index (κ3) is 3.41. The van der Waals surface area contributed by atoms with Gasteiger partial charge in [0.1, 0.15) is 5.82 Å². The predicted molar refractivity (Wildman–Crippen MR) is 72.0 cm³/mol. The minimum atomic E-state index is -0.528. The van der Waals surface area contributed by atoms with Crippen LogP contribution in [-0.4, -0.2) is 35.1 Å². The number of hydrogen-bond donors (Lipinski definition) is 2. The van der Waals surface area contributed by atoms with Crippen LogP contribution >= 0.6 is 0 Å². The summed E-state index contributed by atoms with van der Waals surface area (Å²) in [6.07, 6.45) is 4.39. The number of nitrogens with two attached hydrogens (primary N) is 1. The quantitative estimate of drug-likeness (QED) is 0.799. The zero-order valence-corrected chi connectivity index (χ0v) is 11.3. The van der Waals surface area contributed by atoms with Crippen LogP contribution in [0.3, 0.4) is 0 Å². The lowest BCUT2D eigenvalue weighted by Crippen LogP contribution is -2.42.